The lowest BCUT2D eigenvalue weighted by Gasteiger charge is -2.15. The van der Waals surface area contributed by atoms with E-state index in [1.165, 1.54) is 12.3 Å². The summed E-state index contributed by atoms with van der Waals surface area (Å²) < 4.78 is 58.8. The Hall–Kier alpha value is -0.950. The minimum Gasteiger partial charge on any atom is -0.473 e. The van der Waals surface area contributed by atoms with Gasteiger partial charge in [0.15, 0.2) is 0 Å². The Morgan fingerprint density at radius 2 is 2.21 bits per heavy atom. The van der Waals surface area contributed by atoms with Gasteiger partial charge in [0.1, 0.15) is 0 Å². The van der Waals surface area contributed by atoms with Crippen molar-refractivity contribution in [1.29, 1.82) is 0 Å². The van der Waals surface area contributed by atoms with Crippen molar-refractivity contribution in [2.75, 3.05) is 0 Å². The summed E-state index contributed by atoms with van der Waals surface area (Å²) >= 11 is 0. The molecule has 14 heavy (non-hydrogen) atoms. The standard InChI is InChI=1S/C7H8F2O4S/c8-7(9,14(10,11)12)4-6-2-1-3-13-5-6/h1,3,5H,2,4H2,(H,10,11,12). The quantitative estimate of drug-likeness (QED) is 0.743. The van der Waals surface area contributed by atoms with Crippen LogP contribution in [0, 0.1) is 0 Å². The van der Waals surface area contributed by atoms with E-state index < -0.39 is 21.8 Å². The van der Waals surface area contributed by atoms with Crippen molar-refractivity contribution in [2.24, 2.45) is 0 Å². The van der Waals surface area contributed by atoms with E-state index in [4.69, 9.17) is 4.55 Å². The fraction of sp³-hybridized carbons (Fsp3) is 0.429. The molecule has 0 unspecified atom stereocenters. The van der Waals surface area contributed by atoms with Crippen molar-refractivity contribution in [1.82, 2.24) is 0 Å². The number of alkyl halides is 2. The van der Waals surface area contributed by atoms with Crippen LogP contribution in [-0.4, -0.2) is 18.2 Å². The summed E-state index contributed by atoms with van der Waals surface area (Å²) in [6, 6.07) is 0. The maximum atomic E-state index is 12.8. The van der Waals surface area contributed by atoms with Crippen LogP contribution < -0.4 is 0 Å². The van der Waals surface area contributed by atoms with Gasteiger partial charge in [0.25, 0.3) is 0 Å². The number of hydrogen-bond acceptors (Lipinski definition) is 3. The second kappa shape index (κ2) is 3.66. The van der Waals surface area contributed by atoms with Gasteiger partial charge in [0.2, 0.25) is 0 Å². The summed E-state index contributed by atoms with van der Waals surface area (Å²) in [5.74, 6) is 0. The van der Waals surface area contributed by atoms with Gasteiger partial charge in [-0.25, -0.2) is 0 Å². The Labute approximate surface area is 79.6 Å². The van der Waals surface area contributed by atoms with Gasteiger partial charge in [0, 0.05) is 0 Å². The van der Waals surface area contributed by atoms with E-state index in [0.29, 0.717) is 0 Å². The van der Waals surface area contributed by atoms with Gasteiger partial charge in [0.05, 0.1) is 18.9 Å². The third-order valence-corrected chi connectivity index (χ3v) is 2.50. The lowest BCUT2D eigenvalue weighted by atomic mass is 10.1. The zero-order chi connectivity index (χ0) is 10.8. The molecule has 1 N–H and O–H groups in total. The normalized spacial score (nSPS) is 17.5. The monoisotopic (exact) mass is 226 g/mol. The smallest absolute Gasteiger partial charge is 0.373 e. The highest BCUT2D eigenvalue weighted by Crippen LogP contribution is 2.30. The first-order chi connectivity index (χ1) is 6.33. The molecule has 0 fully saturated rings. The Kier molecular flexibility index (Phi) is 2.91. The van der Waals surface area contributed by atoms with Crippen LogP contribution in [-0.2, 0) is 14.9 Å². The predicted octanol–water partition coefficient (Wildman–Crippen LogP) is 1.68. The highest BCUT2D eigenvalue weighted by Gasteiger charge is 2.44. The second-order valence-corrected chi connectivity index (χ2v) is 4.32. The molecule has 0 atom stereocenters. The first-order valence-corrected chi connectivity index (χ1v) is 5.10. The summed E-state index contributed by atoms with van der Waals surface area (Å²) in [6.07, 6.45) is 2.94. The van der Waals surface area contributed by atoms with E-state index >= 15 is 0 Å². The van der Waals surface area contributed by atoms with Gasteiger partial charge < -0.3 is 4.74 Å². The van der Waals surface area contributed by atoms with E-state index in [2.05, 4.69) is 4.74 Å². The van der Waals surface area contributed by atoms with Gasteiger partial charge in [-0.15, -0.1) is 0 Å². The molecule has 0 radical (unpaired) electrons. The summed E-state index contributed by atoms with van der Waals surface area (Å²) in [5.41, 5.74) is 0.107. The molecule has 4 nitrogen and oxygen atoms in total. The van der Waals surface area contributed by atoms with Crippen molar-refractivity contribution >= 4 is 10.1 Å². The van der Waals surface area contributed by atoms with E-state index in [1.807, 2.05) is 0 Å². The maximum absolute atomic E-state index is 12.8. The highest BCUT2D eigenvalue weighted by atomic mass is 32.2. The molecular weight excluding hydrogens is 218 g/mol. The molecule has 0 saturated carbocycles. The number of allylic oxidation sites excluding steroid dienone is 2. The molecule has 1 heterocycles. The van der Waals surface area contributed by atoms with Gasteiger partial charge in [-0.1, -0.05) is 0 Å². The minimum absolute atomic E-state index is 0.107. The largest absolute Gasteiger partial charge is 0.473 e. The van der Waals surface area contributed by atoms with E-state index in [1.54, 1.807) is 0 Å². The molecule has 0 aromatic carbocycles. The maximum Gasteiger partial charge on any atom is 0.373 e. The highest BCUT2D eigenvalue weighted by molar-refractivity contribution is 7.86. The summed E-state index contributed by atoms with van der Waals surface area (Å²) in [7, 11) is -5.36. The number of hydrogen-bond donors (Lipinski definition) is 1. The molecular formula is C7H8F2O4S. The number of halogens is 2. The predicted molar refractivity (Wildman–Crippen MR) is 44.0 cm³/mol. The second-order valence-electron chi connectivity index (χ2n) is 2.78. The first-order valence-electron chi connectivity index (χ1n) is 3.66. The zero-order valence-corrected chi connectivity index (χ0v) is 7.80. The van der Waals surface area contributed by atoms with Crippen LogP contribution in [0.5, 0.6) is 0 Å². The van der Waals surface area contributed by atoms with Crippen LogP contribution in [0.25, 0.3) is 0 Å². The van der Waals surface area contributed by atoms with Crippen LogP contribution >= 0.6 is 0 Å². The van der Waals surface area contributed by atoms with Crippen molar-refractivity contribution in [2.45, 2.75) is 18.1 Å². The minimum atomic E-state index is -5.36. The lowest BCUT2D eigenvalue weighted by Crippen LogP contribution is -2.28. The molecule has 0 amide bonds. The molecule has 0 spiro atoms. The average Bonchev–Trinajstić information content (AvgIpc) is 2.03. The molecule has 80 valence electrons. The van der Waals surface area contributed by atoms with Crippen LogP contribution in [0.15, 0.2) is 24.2 Å². The average molecular weight is 226 g/mol. The summed E-state index contributed by atoms with van der Waals surface area (Å²) in [4.78, 5) is 0. The molecule has 0 bridgehead atoms. The van der Waals surface area contributed by atoms with Crippen LogP contribution in [0.3, 0.4) is 0 Å². The van der Waals surface area contributed by atoms with Gasteiger partial charge in [-0.2, -0.15) is 17.2 Å². The van der Waals surface area contributed by atoms with E-state index in [0.717, 1.165) is 6.26 Å². The Bertz CT molecular complexity index is 369. The first kappa shape index (κ1) is 11.1. The molecule has 1 aliphatic heterocycles. The lowest BCUT2D eigenvalue weighted by molar-refractivity contribution is 0.0797. The fourth-order valence-electron chi connectivity index (χ4n) is 0.908. The summed E-state index contributed by atoms with van der Waals surface area (Å²) in [5, 5.41) is -4.16. The third kappa shape index (κ3) is 2.52. The number of ether oxygens (including phenoxy) is 1. The Morgan fingerprint density at radius 1 is 1.57 bits per heavy atom. The molecule has 0 aromatic rings. The molecule has 0 aliphatic carbocycles. The molecule has 1 rings (SSSR count). The Balaban J connectivity index is 2.73. The van der Waals surface area contributed by atoms with Crippen LogP contribution in [0.1, 0.15) is 12.8 Å². The van der Waals surface area contributed by atoms with Crippen LogP contribution in [0.2, 0.25) is 0 Å². The fourth-order valence-corrected chi connectivity index (χ4v) is 1.28. The van der Waals surface area contributed by atoms with E-state index in [-0.39, 0.29) is 12.0 Å². The van der Waals surface area contributed by atoms with Crippen molar-refractivity contribution in [3.05, 3.63) is 24.2 Å². The molecule has 7 heteroatoms. The third-order valence-electron chi connectivity index (χ3n) is 1.60. The zero-order valence-electron chi connectivity index (χ0n) is 6.98. The molecule has 0 saturated heterocycles. The van der Waals surface area contributed by atoms with Gasteiger partial charge >= 0.3 is 15.4 Å². The van der Waals surface area contributed by atoms with Gasteiger partial charge in [-0.3, -0.25) is 4.55 Å². The molecule has 1 aliphatic rings. The number of rotatable bonds is 3. The topological polar surface area (TPSA) is 63.6 Å². The van der Waals surface area contributed by atoms with Crippen molar-refractivity contribution in [3.8, 4) is 0 Å². The van der Waals surface area contributed by atoms with Gasteiger partial charge in [-0.05, 0) is 18.1 Å². The van der Waals surface area contributed by atoms with Crippen LogP contribution in [0.4, 0.5) is 8.78 Å². The summed E-state index contributed by atoms with van der Waals surface area (Å²) in [6.45, 7) is 0. The van der Waals surface area contributed by atoms with Crippen molar-refractivity contribution in [3.63, 3.8) is 0 Å². The van der Waals surface area contributed by atoms with Crippen molar-refractivity contribution < 1.29 is 26.5 Å². The van der Waals surface area contributed by atoms with E-state index in [9.17, 15) is 17.2 Å². The SMILES string of the molecule is O=S(=O)(O)C(F)(F)CC1=COC=CC1. The Morgan fingerprint density at radius 3 is 2.64 bits per heavy atom. The molecule has 0 aromatic heterocycles.